The van der Waals surface area contributed by atoms with Crippen LogP contribution in [0.2, 0.25) is 5.02 Å². The summed E-state index contributed by atoms with van der Waals surface area (Å²) in [4.78, 5) is 21.2. The van der Waals surface area contributed by atoms with Crippen molar-refractivity contribution in [3.8, 4) is 0 Å². The van der Waals surface area contributed by atoms with Gasteiger partial charge >= 0.3 is 0 Å². The van der Waals surface area contributed by atoms with Gasteiger partial charge in [-0.3, -0.25) is 9.36 Å². The fourth-order valence-electron chi connectivity index (χ4n) is 2.14. The maximum absolute atomic E-state index is 12.6. The summed E-state index contributed by atoms with van der Waals surface area (Å²) >= 11 is 9.21. The minimum absolute atomic E-state index is 0.0961. The van der Waals surface area contributed by atoms with Crippen LogP contribution in [0.3, 0.4) is 0 Å². The average molecular weight is 365 g/mol. The molecule has 0 amide bonds. The highest BCUT2D eigenvalue weighted by molar-refractivity contribution is 9.10. The quantitative estimate of drug-likeness (QED) is 0.698. The Morgan fingerprint density at radius 2 is 2.00 bits per heavy atom. The van der Waals surface area contributed by atoms with Gasteiger partial charge in [0.1, 0.15) is 5.82 Å². The number of hydrogen-bond donors (Lipinski definition) is 0. The van der Waals surface area contributed by atoms with Gasteiger partial charge in [-0.15, -0.1) is 0 Å². The van der Waals surface area contributed by atoms with E-state index in [1.165, 1.54) is 0 Å². The number of halogens is 2. The average Bonchev–Trinajstić information content (AvgIpc) is 2.46. The minimum atomic E-state index is -0.0961. The topological polar surface area (TPSA) is 47.8 Å². The Labute approximate surface area is 134 Å². The van der Waals surface area contributed by atoms with E-state index in [0.717, 1.165) is 10.0 Å². The van der Waals surface area contributed by atoms with Crippen molar-refractivity contribution in [2.24, 2.45) is 0 Å². The van der Waals surface area contributed by atoms with Gasteiger partial charge in [0, 0.05) is 15.7 Å². The lowest BCUT2D eigenvalue weighted by Gasteiger charge is -2.10. The molecule has 6 heteroatoms. The number of pyridine rings is 1. The van der Waals surface area contributed by atoms with Gasteiger partial charge in [0.15, 0.2) is 5.65 Å². The minimum Gasteiger partial charge on any atom is -0.292 e. The van der Waals surface area contributed by atoms with Crippen molar-refractivity contribution in [1.29, 1.82) is 0 Å². The molecular formula is C15H11BrClN3O. The van der Waals surface area contributed by atoms with Crippen molar-refractivity contribution >= 4 is 38.6 Å². The molecule has 0 fully saturated rings. The normalized spacial score (nSPS) is 11.0. The molecule has 0 bridgehead atoms. The highest BCUT2D eigenvalue weighted by Crippen LogP contribution is 2.14. The van der Waals surface area contributed by atoms with Gasteiger partial charge in [0.25, 0.3) is 5.56 Å². The Hall–Kier alpha value is -1.72. The monoisotopic (exact) mass is 363 g/mol. The van der Waals surface area contributed by atoms with E-state index in [0.29, 0.717) is 28.4 Å². The molecule has 2 aromatic heterocycles. The molecule has 0 N–H and O–H groups in total. The fraction of sp³-hybridized carbons (Fsp3) is 0.133. The van der Waals surface area contributed by atoms with E-state index in [2.05, 4.69) is 25.9 Å². The van der Waals surface area contributed by atoms with Crippen LogP contribution in [0.1, 0.15) is 11.4 Å². The molecule has 0 radical (unpaired) electrons. The number of nitrogens with zero attached hydrogens (tertiary/aromatic N) is 3. The fourth-order valence-corrected chi connectivity index (χ4v) is 2.60. The molecule has 21 heavy (non-hydrogen) atoms. The third-order valence-corrected chi connectivity index (χ3v) is 3.91. The molecule has 1 aromatic carbocycles. The van der Waals surface area contributed by atoms with Crippen LogP contribution < -0.4 is 5.56 Å². The molecule has 4 nitrogen and oxygen atoms in total. The number of benzene rings is 1. The van der Waals surface area contributed by atoms with Crippen LogP contribution in [-0.4, -0.2) is 14.5 Å². The summed E-state index contributed by atoms with van der Waals surface area (Å²) in [6, 6.07) is 9.17. The van der Waals surface area contributed by atoms with Gasteiger partial charge < -0.3 is 0 Å². The van der Waals surface area contributed by atoms with Crippen molar-refractivity contribution in [2.45, 2.75) is 13.5 Å². The van der Waals surface area contributed by atoms with E-state index in [1.807, 2.05) is 24.3 Å². The molecule has 0 unspecified atom stereocenters. The van der Waals surface area contributed by atoms with E-state index >= 15 is 0 Å². The molecular weight excluding hydrogens is 354 g/mol. The van der Waals surface area contributed by atoms with E-state index in [4.69, 9.17) is 11.6 Å². The summed E-state index contributed by atoms with van der Waals surface area (Å²) in [6.07, 6.45) is 1.64. The first-order valence-corrected chi connectivity index (χ1v) is 7.49. The molecule has 0 aliphatic heterocycles. The largest absolute Gasteiger partial charge is 0.292 e. The zero-order valence-electron chi connectivity index (χ0n) is 11.2. The third kappa shape index (κ3) is 2.84. The lowest BCUT2D eigenvalue weighted by Crippen LogP contribution is -2.24. The highest BCUT2D eigenvalue weighted by atomic mass is 79.9. The second-order valence-corrected chi connectivity index (χ2v) is 6.05. The molecule has 0 aliphatic carbocycles. The Morgan fingerprint density at radius 3 is 2.71 bits per heavy atom. The van der Waals surface area contributed by atoms with Crippen LogP contribution in [0.4, 0.5) is 0 Å². The maximum atomic E-state index is 12.6. The van der Waals surface area contributed by atoms with Crippen LogP contribution in [0.25, 0.3) is 11.0 Å². The Bertz CT molecular complexity index is 874. The van der Waals surface area contributed by atoms with E-state index in [9.17, 15) is 4.79 Å². The van der Waals surface area contributed by atoms with Crippen molar-refractivity contribution < 1.29 is 0 Å². The number of fused-ring (bicyclic) bond motifs is 1. The van der Waals surface area contributed by atoms with Crippen LogP contribution in [0, 0.1) is 6.92 Å². The first-order chi connectivity index (χ1) is 10.0. The first-order valence-electron chi connectivity index (χ1n) is 6.32. The van der Waals surface area contributed by atoms with E-state index in [-0.39, 0.29) is 5.56 Å². The molecule has 0 spiro atoms. The van der Waals surface area contributed by atoms with Gasteiger partial charge in [-0.1, -0.05) is 23.7 Å². The summed E-state index contributed by atoms with van der Waals surface area (Å²) in [6.45, 7) is 2.26. The van der Waals surface area contributed by atoms with Crippen LogP contribution in [0.5, 0.6) is 0 Å². The summed E-state index contributed by atoms with van der Waals surface area (Å²) in [5, 5.41) is 1.18. The number of aryl methyl sites for hydroxylation is 1. The van der Waals surface area contributed by atoms with Crippen LogP contribution in [-0.2, 0) is 6.54 Å². The Kier molecular flexibility index (Phi) is 3.78. The second kappa shape index (κ2) is 5.58. The number of rotatable bonds is 2. The third-order valence-electron chi connectivity index (χ3n) is 3.22. The molecule has 0 saturated heterocycles. The molecule has 3 aromatic rings. The summed E-state index contributed by atoms with van der Waals surface area (Å²) in [5.41, 5.74) is 1.36. The lowest BCUT2D eigenvalue weighted by molar-refractivity contribution is 0.711. The van der Waals surface area contributed by atoms with Crippen molar-refractivity contribution in [1.82, 2.24) is 14.5 Å². The van der Waals surface area contributed by atoms with Crippen molar-refractivity contribution in [3.05, 3.63) is 67.8 Å². The molecule has 106 valence electrons. The molecule has 0 aliphatic rings. The van der Waals surface area contributed by atoms with Gasteiger partial charge in [0.05, 0.1) is 11.9 Å². The number of aromatic nitrogens is 3. The predicted octanol–water partition coefficient (Wildman–Crippen LogP) is 3.56. The Morgan fingerprint density at radius 1 is 1.29 bits per heavy atom. The zero-order valence-corrected chi connectivity index (χ0v) is 13.5. The maximum Gasteiger partial charge on any atom is 0.263 e. The lowest BCUT2D eigenvalue weighted by atomic mass is 10.2. The van der Waals surface area contributed by atoms with Crippen molar-refractivity contribution in [3.63, 3.8) is 0 Å². The summed E-state index contributed by atoms with van der Waals surface area (Å²) < 4.78 is 2.40. The highest BCUT2D eigenvalue weighted by Gasteiger charge is 2.10. The van der Waals surface area contributed by atoms with E-state index in [1.54, 1.807) is 23.8 Å². The molecule has 0 atom stereocenters. The molecule has 0 saturated carbocycles. The second-order valence-electron chi connectivity index (χ2n) is 4.70. The Balaban J connectivity index is 2.13. The summed E-state index contributed by atoms with van der Waals surface area (Å²) in [7, 11) is 0. The zero-order chi connectivity index (χ0) is 15.0. The first kappa shape index (κ1) is 14.2. The smallest absolute Gasteiger partial charge is 0.263 e. The van der Waals surface area contributed by atoms with Gasteiger partial charge in [-0.2, -0.15) is 0 Å². The van der Waals surface area contributed by atoms with Crippen LogP contribution in [0.15, 0.2) is 45.8 Å². The molecule has 3 rings (SSSR count). The SMILES string of the molecule is Cc1nc2ncc(Br)cc2c(=O)n1Cc1ccc(Cl)cc1. The molecule has 2 heterocycles. The van der Waals surface area contributed by atoms with Gasteiger partial charge in [-0.25, -0.2) is 9.97 Å². The van der Waals surface area contributed by atoms with Gasteiger partial charge in [-0.05, 0) is 46.6 Å². The summed E-state index contributed by atoms with van der Waals surface area (Å²) in [5.74, 6) is 0.636. The number of hydrogen-bond acceptors (Lipinski definition) is 3. The predicted molar refractivity (Wildman–Crippen MR) is 86.8 cm³/mol. The standard InChI is InChI=1S/C15H11BrClN3O/c1-9-19-14-13(6-11(16)7-18-14)15(21)20(9)8-10-2-4-12(17)5-3-10/h2-7H,8H2,1H3. The van der Waals surface area contributed by atoms with E-state index < -0.39 is 0 Å². The van der Waals surface area contributed by atoms with Gasteiger partial charge in [0.2, 0.25) is 0 Å². The van der Waals surface area contributed by atoms with Crippen molar-refractivity contribution in [2.75, 3.05) is 0 Å². The van der Waals surface area contributed by atoms with Crippen LogP contribution >= 0.6 is 27.5 Å².